The molecule has 1 aliphatic rings. The average Bonchev–Trinajstić information content (AvgIpc) is 2.93. The molecule has 3 rings (SSSR count). The summed E-state index contributed by atoms with van der Waals surface area (Å²) in [6, 6.07) is 16.4. The Morgan fingerprint density at radius 2 is 1.56 bits per heavy atom. The summed E-state index contributed by atoms with van der Waals surface area (Å²) in [7, 11) is 0. The van der Waals surface area contributed by atoms with Gasteiger partial charge in [-0.15, -0.1) is 0 Å². The minimum Gasteiger partial charge on any atom is -0.478 e. The second-order valence-electron chi connectivity index (χ2n) is 5.57. The molecule has 1 N–H and O–H groups in total. The Hall–Kier alpha value is -3.29. The van der Waals surface area contributed by atoms with Crippen molar-refractivity contribution < 1.29 is 37.7 Å². The lowest BCUT2D eigenvalue weighted by Crippen LogP contribution is -2.22. The monoisotopic (exact) mass is 378 g/mol. The highest BCUT2D eigenvalue weighted by Gasteiger charge is 2.51. The van der Waals surface area contributed by atoms with Crippen molar-refractivity contribution in [2.75, 3.05) is 6.61 Å². The number of aromatic carboxylic acids is 1. The van der Waals surface area contributed by atoms with Gasteiger partial charge in [-0.25, -0.2) is 14.4 Å². The number of cyclic esters (lactones) is 1. The Bertz CT molecular complexity index is 792. The van der Waals surface area contributed by atoms with Gasteiger partial charge in [0.15, 0.2) is 0 Å². The number of rotatable bonds is 4. The number of ether oxygens (including phenoxy) is 2. The van der Waals surface area contributed by atoms with E-state index in [0.29, 0.717) is 11.1 Å². The number of halogens is 2. The second kappa shape index (κ2) is 8.88. The molecule has 8 heteroatoms. The van der Waals surface area contributed by atoms with E-state index in [0.717, 1.165) is 0 Å². The molecular formula is C19H16F2O6. The van der Waals surface area contributed by atoms with Gasteiger partial charge in [-0.1, -0.05) is 36.4 Å². The van der Waals surface area contributed by atoms with E-state index in [4.69, 9.17) is 9.84 Å². The van der Waals surface area contributed by atoms with Crippen LogP contribution in [0.4, 0.5) is 8.78 Å². The summed E-state index contributed by atoms with van der Waals surface area (Å²) < 4.78 is 34.8. The third-order valence-corrected chi connectivity index (χ3v) is 3.49. The van der Waals surface area contributed by atoms with Crippen molar-refractivity contribution in [2.45, 2.75) is 18.4 Å². The molecule has 2 aromatic rings. The molecule has 0 bridgehead atoms. The Balaban J connectivity index is 0.000000244. The third kappa shape index (κ3) is 5.88. The van der Waals surface area contributed by atoms with E-state index in [1.54, 1.807) is 48.5 Å². The van der Waals surface area contributed by atoms with Gasteiger partial charge in [-0.2, -0.15) is 8.78 Å². The topological polar surface area (TPSA) is 89.9 Å². The van der Waals surface area contributed by atoms with Crippen LogP contribution < -0.4 is 0 Å². The molecule has 0 saturated carbocycles. The summed E-state index contributed by atoms with van der Waals surface area (Å²) in [6.07, 6.45) is -1.84. The van der Waals surface area contributed by atoms with E-state index < -0.39 is 36.4 Å². The maximum Gasteiger partial charge on any atom is 0.377 e. The van der Waals surface area contributed by atoms with Crippen molar-refractivity contribution in [3.05, 3.63) is 71.8 Å². The summed E-state index contributed by atoms with van der Waals surface area (Å²) in [4.78, 5) is 32.4. The zero-order valence-electron chi connectivity index (χ0n) is 14.0. The predicted molar refractivity (Wildman–Crippen MR) is 89.6 cm³/mol. The summed E-state index contributed by atoms with van der Waals surface area (Å²) in [6.45, 7) is -0.366. The van der Waals surface area contributed by atoms with Crippen LogP contribution in [-0.4, -0.2) is 41.6 Å². The third-order valence-electron chi connectivity index (χ3n) is 3.49. The lowest BCUT2D eigenvalue weighted by Gasteiger charge is -2.09. The van der Waals surface area contributed by atoms with Crippen molar-refractivity contribution >= 4 is 17.9 Å². The van der Waals surface area contributed by atoms with Gasteiger partial charge in [0.25, 0.3) is 0 Å². The van der Waals surface area contributed by atoms with Crippen molar-refractivity contribution in [1.29, 1.82) is 0 Å². The largest absolute Gasteiger partial charge is 0.478 e. The van der Waals surface area contributed by atoms with Crippen LogP contribution in [0.3, 0.4) is 0 Å². The number of hydrogen-bond acceptors (Lipinski definition) is 5. The number of hydrogen-bond donors (Lipinski definition) is 1. The zero-order valence-corrected chi connectivity index (χ0v) is 14.0. The molecule has 0 aliphatic carbocycles. The molecule has 142 valence electrons. The van der Waals surface area contributed by atoms with Gasteiger partial charge in [-0.3, -0.25) is 0 Å². The van der Waals surface area contributed by atoms with E-state index in [1.807, 2.05) is 0 Å². The first kappa shape index (κ1) is 20.0. The van der Waals surface area contributed by atoms with Crippen LogP contribution in [0.25, 0.3) is 0 Å². The van der Waals surface area contributed by atoms with Gasteiger partial charge in [0, 0.05) is 0 Å². The summed E-state index contributed by atoms with van der Waals surface area (Å²) >= 11 is 0. The number of carbonyl (C=O) groups excluding carboxylic acids is 2. The van der Waals surface area contributed by atoms with Gasteiger partial charge < -0.3 is 14.6 Å². The first-order chi connectivity index (χ1) is 12.8. The molecule has 27 heavy (non-hydrogen) atoms. The average molecular weight is 378 g/mol. The van der Waals surface area contributed by atoms with Crippen LogP contribution in [0.1, 0.15) is 27.1 Å². The molecule has 0 radical (unpaired) electrons. The predicted octanol–water partition coefficient (Wildman–Crippen LogP) is 3.18. The molecule has 1 saturated heterocycles. The van der Waals surface area contributed by atoms with Crippen LogP contribution in [0.5, 0.6) is 0 Å². The number of alkyl halides is 2. The molecule has 1 unspecified atom stereocenters. The molecule has 2 aromatic carbocycles. The molecule has 0 amide bonds. The molecule has 6 nitrogen and oxygen atoms in total. The minimum atomic E-state index is -3.48. The SMILES string of the molecule is O=C(O)c1ccccc1.O=C(OCC1CC(F)(F)C(=O)O1)c1ccccc1. The fourth-order valence-corrected chi connectivity index (χ4v) is 2.15. The number of benzene rings is 2. The van der Waals surface area contributed by atoms with Crippen molar-refractivity contribution in [3.8, 4) is 0 Å². The summed E-state index contributed by atoms with van der Waals surface area (Å²) in [5.41, 5.74) is 0.645. The number of esters is 2. The smallest absolute Gasteiger partial charge is 0.377 e. The summed E-state index contributed by atoms with van der Waals surface area (Å²) in [5, 5.41) is 8.38. The number of carboxylic acids is 1. The summed E-state index contributed by atoms with van der Waals surface area (Å²) in [5.74, 6) is -6.56. The first-order valence-electron chi connectivity index (χ1n) is 7.89. The van der Waals surface area contributed by atoms with Crippen LogP contribution in [0, 0.1) is 0 Å². The Morgan fingerprint density at radius 1 is 1.04 bits per heavy atom. The molecular weight excluding hydrogens is 362 g/mol. The lowest BCUT2D eigenvalue weighted by atomic mass is 10.2. The molecule has 1 aliphatic heterocycles. The van der Waals surface area contributed by atoms with E-state index >= 15 is 0 Å². The van der Waals surface area contributed by atoms with Gasteiger partial charge in [-0.05, 0) is 24.3 Å². The highest BCUT2D eigenvalue weighted by Crippen LogP contribution is 2.30. The second-order valence-corrected chi connectivity index (χ2v) is 5.57. The Labute approximate surface area is 153 Å². The van der Waals surface area contributed by atoms with Crippen LogP contribution in [0.2, 0.25) is 0 Å². The van der Waals surface area contributed by atoms with Crippen LogP contribution in [-0.2, 0) is 14.3 Å². The normalized spacial score (nSPS) is 17.3. The first-order valence-corrected chi connectivity index (χ1v) is 7.89. The molecule has 1 fully saturated rings. The van der Waals surface area contributed by atoms with E-state index in [-0.39, 0.29) is 6.61 Å². The maximum atomic E-state index is 12.8. The standard InChI is InChI=1S/C12H10F2O4.C7H6O2/c13-12(14)6-9(18-11(12)16)7-17-10(15)8-4-2-1-3-5-8;8-7(9)6-4-2-1-3-5-6/h1-5,9H,6-7H2;1-5H,(H,8,9). The van der Waals surface area contributed by atoms with Crippen LogP contribution >= 0.6 is 0 Å². The fourth-order valence-electron chi connectivity index (χ4n) is 2.15. The highest BCUT2D eigenvalue weighted by molar-refractivity contribution is 5.89. The Morgan fingerprint density at radius 3 is 1.96 bits per heavy atom. The Kier molecular flexibility index (Phi) is 6.59. The minimum absolute atomic E-state index is 0.314. The molecule has 1 atom stereocenters. The quantitative estimate of drug-likeness (QED) is 0.822. The fraction of sp³-hybridized carbons (Fsp3) is 0.211. The van der Waals surface area contributed by atoms with E-state index in [2.05, 4.69) is 4.74 Å². The number of carbonyl (C=O) groups is 3. The van der Waals surface area contributed by atoms with Crippen molar-refractivity contribution in [3.63, 3.8) is 0 Å². The molecule has 0 spiro atoms. The number of carboxylic acid groups (broad SMARTS) is 1. The van der Waals surface area contributed by atoms with Crippen molar-refractivity contribution in [2.24, 2.45) is 0 Å². The van der Waals surface area contributed by atoms with E-state index in [9.17, 15) is 23.2 Å². The van der Waals surface area contributed by atoms with Gasteiger partial charge in [0.1, 0.15) is 12.7 Å². The van der Waals surface area contributed by atoms with Gasteiger partial charge in [0.2, 0.25) is 0 Å². The van der Waals surface area contributed by atoms with Gasteiger partial charge in [0.05, 0.1) is 17.5 Å². The van der Waals surface area contributed by atoms with E-state index in [1.165, 1.54) is 12.1 Å². The molecule has 0 aromatic heterocycles. The molecule has 1 heterocycles. The van der Waals surface area contributed by atoms with Crippen LogP contribution in [0.15, 0.2) is 60.7 Å². The maximum absolute atomic E-state index is 12.8. The van der Waals surface area contributed by atoms with Crippen molar-refractivity contribution in [1.82, 2.24) is 0 Å². The van der Waals surface area contributed by atoms with Gasteiger partial charge >= 0.3 is 23.8 Å². The lowest BCUT2D eigenvalue weighted by molar-refractivity contribution is -0.159. The highest BCUT2D eigenvalue weighted by atomic mass is 19.3. The zero-order chi connectivity index (χ0) is 19.9.